The molecule has 1 N–H and O–H groups in total. The third-order valence-electron chi connectivity index (χ3n) is 5.09. The van der Waals surface area contributed by atoms with E-state index in [4.69, 9.17) is 4.74 Å². The van der Waals surface area contributed by atoms with Crippen molar-refractivity contribution in [3.8, 4) is 5.75 Å². The van der Waals surface area contributed by atoms with Crippen LogP contribution in [-0.4, -0.2) is 35.6 Å². The highest BCUT2D eigenvalue weighted by Crippen LogP contribution is 2.39. The van der Waals surface area contributed by atoms with Gasteiger partial charge in [-0.3, -0.25) is 9.59 Å². The molecule has 0 spiro atoms. The lowest BCUT2D eigenvalue weighted by Crippen LogP contribution is -2.28. The zero-order chi connectivity index (χ0) is 22.3. The third kappa shape index (κ3) is 5.48. The summed E-state index contributed by atoms with van der Waals surface area (Å²) in [6.45, 7) is 1.17. The molecule has 0 radical (unpaired) electrons. The Hall–Kier alpha value is -3.32. The smallest absolute Gasteiger partial charge is 0.251 e. The van der Waals surface area contributed by atoms with Gasteiger partial charge in [0.15, 0.2) is 0 Å². The van der Waals surface area contributed by atoms with Crippen LogP contribution >= 0.6 is 11.8 Å². The van der Waals surface area contributed by atoms with Gasteiger partial charge >= 0.3 is 0 Å². The maximum Gasteiger partial charge on any atom is 0.251 e. The monoisotopic (exact) mass is 450 g/mol. The first-order valence-corrected chi connectivity index (χ1v) is 11.4. The number of rotatable bonds is 8. The van der Waals surface area contributed by atoms with Crippen LogP contribution in [0.15, 0.2) is 78.9 Å². The van der Waals surface area contributed by atoms with Crippen LogP contribution in [0.5, 0.6) is 5.75 Å². The van der Waals surface area contributed by atoms with E-state index in [1.807, 2.05) is 47.4 Å². The van der Waals surface area contributed by atoms with Crippen molar-refractivity contribution in [2.45, 2.75) is 11.9 Å². The Morgan fingerprint density at radius 3 is 2.47 bits per heavy atom. The van der Waals surface area contributed by atoms with E-state index in [-0.39, 0.29) is 29.6 Å². The number of hydrogen-bond donors (Lipinski definition) is 1. The molecule has 1 atom stereocenters. The zero-order valence-electron chi connectivity index (χ0n) is 17.4. The van der Waals surface area contributed by atoms with E-state index in [0.29, 0.717) is 30.2 Å². The molecular formula is C25H23FN2O3S. The van der Waals surface area contributed by atoms with Gasteiger partial charge in [-0.2, -0.15) is 0 Å². The predicted octanol–water partition coefficient (Wildman–Crippen LogP) is 4.41. The number of nitrogens with zero attached hydrogens (tertiary/aromatic N) is 1. The summed E-state index contributed by atoms with van der Waals surface area (Å²) >= 11 is 1.60. The SMILES string of the molecule is O=C(NCCOc1ccc(F)cc1)c1ccc([C@@H]2SCC(=O)N2Cc2ccccc2)cc1. The Bertz CT molecular complexity index is 1060. The number of benzene rings is 3. The van der Waals surface area contributed by atoms with Gasteiger partial charge in [0, 0.05) is 12.1 Å². The summed E-state index contributed by atoms with van der Waals surface area (Å²) in [5, 5.41) is 2.74. The van der Waals surface area contributed by atoms with Crippen molar-refractivity contribution in [2.75, 3.05) is 18.9 Å². The molecule has 0 unspecified atom stereocenters. The number of thioether (sulfide) groups is 1. The highest BCUT2D eigenvalue weighted by atomic mass is 32.2. The van der Waals surface area contributed by atoms with E-state index in [0.717, 1.165) is 11.1 Å². The van der Waals surface area contributed by atoms with Gasteiger partial charge in [-0.25, -0.2) is 4.39 Å². The summed E-state index contributed by atoms with van der Waals surface area (Å²) in [5.74, 6) is 0.599. The maximum absolute atomic E-state index is 12.9. The standard InChI is InChI=1S/C25H23FN2O3S/c26-21-10-12-22(13-11-21)31-15-14-27-24(30)19-6-8-20(9-7-19)25-28(23(29)17-32-25)16-18-4-2-1-3-5-18/h1-13,25H,14-17H2,(H,27,30)/t25-/m0/s1. The predicted molar refractivity (Wildman–Crippen MR) is 123 cm³/mol. The number of amides is 2. The van der Waals surface area contributed by atoms with Crippen LogP contribution in [0.25, 0.3) is 0 Å². The van der Waals surface area contributed by atoms with E-state index in [9.17, 15) is 14.0 Å². The summed E-state index contributed by atoms with van der Waals surface area (Å²) in [5.41, 5.74) is 2.62. The second-order valence-electron chi connectivity index (χ2n) is 7.35. The molecule has 1 aliphatic heterocycles. The van der Waals surface area contributed by atoms with Crippen LogP contribution in [0, 0.1) is 5.82 Å². The van der Waals surface area contributed by atoms with E-state index in [1.54, 1.807) is 36.0 Å². The number of nitrogens with one attached hydrogen (secondary N) is 1. The van der Waals surface area contributed by atoms with E-state index >= 15 is 0 Å². The summed E-state index contributed by atoms with van der Waals surface area (Å²) in [7, 11) is 0. The molecule has 1 heterocycles. The summed E-state index contributed by atoms with van der Waals surface area (Å²) in [6.07, 6.45) is 0. The summed E-state index contributed by atoms with van der Waals surface area (Å²) in [6, 6.07) is 23.0. The molecule has 0 aliphatic carbocycles. The third-order valence-corrected chi connectivity index (χ3v) is 6.35. The molecule has 4 rings (SSSR count). The lowest BCUT2D eigenvalue weighted by atomic mass is 10.1. The maximum atomic E-state index is 12.9. The molecule has 164 valence electrons. The molecule has 32 heavy (non-hydrogen) atoms. The fraction of sp³-hybridized carbons (Fsp3) is 0.200. The molecule has 5 nitrogen and oxygen atoms in total. The quantitative estimate of drug-likeness (QED) is 0.517. The van der Waals surface area contributed by atoms with Gasteiger partial charge in [0.25, 0.3) is 5.91 Å². The Labute approximate surface area is 190 Å². The van der Waals surface area contributed by atoms with Crippen molar-refractivity contribution >= 4 is 23.6 Å². The van der Waals surface area contributed by atoms with Gasteiger partial charge in [-0.1, -0.05) is 42.5 Å². The molecule has 7 heteroatoms. The van der Waals surface area contributed by atoms with Gasteiger partial charge in [-0.05, 0) is 47.5 Å². The lowest BCUT2D eigenvalue weighted by Gasteiger charge is -2.24. The Balaban J connectivity index is 1.31. The lowest BCUT2D eigenvalue weighted by molar-refractivity contribution is -0.128. The van der Waals surface area contributed by atoms with E-state index in [2.05, 4.69) is 5.32 Å². The van der Waals surface area contributed by atoms with Crippen molar-refractivity contribution < 1.29 is 18.7 Å². The average molecular weight is 451 g/mol. The van der Waals surface area contributed by atoms with Crippen molar-refractivity contribution in [3.63, 3.8) is 0 Å². The minimum Gasteiger partial charge on any atom is -0.492 e. The number of ether oxygens (including phenoxy) is 1. The molecule has 3 aromatic carbocycles. The minimum atomic E-state index is -0.322. The fourth-order valence-corrected chi connectivity index (χ4v) is 4.63. The Morgan fingerprint density at radius 1 is 1.03 bits per heavy atom. The van der Waals surface area contributed by atoms with Gasteiger partial charge in [0.1, 0.15) is 23.5 Å². The first-order chi connectivity index (χ1) is 15.6. The normalized spacial score (nSPS) is 15.6. The molecule has 0 bridgehead atoms. The van der Waals surface area contributed by atoms with Crippen LogP contribution in [-0.2, 0) is 11.3 Å². The van der Waals surface area contributed by atoms with Gasteiger partial charge < -0.3 is 15.0 Å². The largest absolute Gasteiger partial charge is 0.492 e. The number of halogens is 1. The zero-order valence-corrected chi connectivity index (χ0v) is 18.2. The molecular weight excluding hydrogens is 427 g/mol. The van der Waals surface area contributed by atoms with Crippen LogP contribution in [0.2, 0.25) is 0 Å². The molecule has 0 aromatic heterocycles. The molecule has 1 aliphatic rings. The van der Waals surface area contributed by atoms with Crippen molar-refractivity contribution in [1.29, 1.82) is 0 Å². The van der Waals surface area contributed by atoms with Gasteiger partial charge in [0.2, 0.25) is 5.91 Å². The van der Waals surface area contributed by atoms with Gasteiger partial charge in [0.05, 0.1) is 12.3 Å². The van der Waals surface area contributed by atoms with Crippen LogP contribution in [0.1, 0.15) is 26.9 Å². The van der Waals surface area contributed by atoms with E-state index < -0.39 is 0 Å². The molecule has 1 saturated heterocycles. The number of hydrogen-bond acceptors (Lipinski definition) is 4. The van der Waals surface area contributed by atoms with Gasteiger partial charge in [-0.15, -0.1) is 11.8 Å². The van der Waals surface area contributed by atoms with E-state index in [1.165, 1.54) is 12.1 Å². The molecule has 2 amide bonds. The first kappa shape index (κ1) is 21.9. The molecule has 3 aromatic rings. The fourth-order valence-electron chi connectivity index (χ4n) is 3.45. The topological polar surface area (TPSA) is 58.6 Å². The molecule has 1 fully saturated rings. The highest BCUT2D eigenvalue weighted by Gasteiger charge is 2.32. The number of carbonyl (C=O) groups excluding carboxylic acids is 2. The van der Waals surface area contributed by atoms with Crippen LogP contribution in [0.3, 0.4) is 0 Å². The van der Waals surface area contributed by atoms with Crippen molar-refractivity contribution in [1.82, 2.24) is 10.2 Å². The first-order valence-electron chi connectivity index (χ1n) is 10.3. The second kappa shape index (κ2) is 10.3. The summed E-state index contributed by atoms with van der Waals surface area (Å²) < 4.78 is 18.4. The molecule has 0 saturated carbocycles. The Morgan fingerprint density at radius 2 is 1.75 bits per heavy atom. The van der Waals surface area contributed by atoms with Crippen LogP contribution in [0.4, 0.5) is 4.39 Å². The highest BCUT2D eigenvalue weighted by molar-refractivity contribution is 8.00. The second-order valence-corrected chi connectivity index (χ2v) is 8.42. The average Bonchev–Trinajstić information content (AvgIpc) is 3.18. The summed E-state index contributed by atoms with van der Waals surface area (Å²) in [4.78, 5) is 26.7. The minimum absolute atomic E-state index is 0.0658. The van der Waals surface area contributed by atoms with Crippen LogP contribution < -0.4 is 10.1 Å². The number of carbonyl (C=O) groups is 2. The van der Waals surface area contributed by atoms with Crippen molar-refractivity contribution in [3.05, 3.63) is 101 Å². The Kier molecular flexibility index (Phi) is 7.07. The van der Waals surface area contributed by atoms with Crippen molar-refractivity contribution in [2.24, 2.45) is 0 Å².